The van der Waals surface area contributed by atoms with Crippen LogP contribution >= 0.6 is 0 Å². The van der Waals surface area contributed by atoms with Gasteiger partial charge in [-0.1, -0.05) is 30.3 Å². The van der Waals surface area contributed by atoms with Crippen LogP contribution in [-0.4, -0.2) is 36.5 Å². The maximum absolute atomic E-state index is 12.5. The zero-order valence-corrected chi connectivity index (χ0v) is 12.5. The maximum atomic E-state index is 12.5. The van der Waals surface area contributed by atoms with Gasteiger partial charge in [0.15, 0.2) is 0 Å². The Hall–Kier alpha value is -1.39. The Morgan fingerprint density at radius 2 is 1.86 bits per heavy atom. The first kappa shape index (κ1) is 14.5. The molecule has 1 saturated carbocycles. The average Bonchev–Trinajstić information content (AvgIpc) is 3.37. The fourth-order valence-electron chi connectivity index (χ4n) is 2.96. The number of rotatable bonds is 5. The predicted molar refractivity (Wildman–Crippen MR) is 83.7 cm³/mol. The van der Waals surface area contributed by atoms with Crippen LogP contribution in [0.1, 0.15) is 37.3 Å². The van der Waals surface area contributed by atoms with Gasteiger partial charge in [0.25, 0.3) is 0 Å². The molecule has 0 aromatic heterocycles. The molecule has 0 spiro atoms. The number of hydrogen-bond donors (Lipinski definition) is 2. The van der Waals surface area contributed by atoms with Crippen molar-refractivity contribution in [1.29, 1.82) is 0 Å². The minimum atomic E-state index is -0.526. The molecule has 1 aliphatic carbocycles. The van der Waals surface area contributed by atoms with Gasteiger partial charge >= 0.3 is 0 Å². The first-order chi connectivity index (χ1) is 10.2. The Bertz CT molecular complexity index is 464. The van der Waals surface area contributed by atoms with Crippen LogP contribution in [0, 0.1) is 5.92 Å². The first-order valence-corrected chi connectivity index (χ1v) is 8.07. The van der Waals surface area contributed by atoms with Gasteiger partial charge in [0.2, 0.25) is 5.91 Å². The van der Waals surface area contributed by atoms with E-state index < -0.39 is 6.04 Å². The third kappa shape index (κ3) is 3.83. The molecule has 2 fully saturated rings. The summed E-state index contributed by atoms with van der Waals surface area (Å²) in [5, 5.41) is 3.63. The second-order valence-electron chi connectivity index (χ2n) is 6.34. The van der Waals surface area contributed by atoms with Crippen LogP contribution in [-0.2, 0) is 4.79 Å². The van der Waals surface area contributed by atoms with Crippen LogP contribution < -0.4 is 11.1 Å². The molecular weight excluding hydrogens is 262 g/mol. The largest absolute Gasteiger partial charge is 0.341 e. The van der Waals surface area contributed by atoms with Crippen LogP contribution in [0.25, 0.3) is 0 Å². The van der Waals surface area contributed by atoms with Gasteiger partial charge in [-0.3, -0.25) is 4.79 Å². The molecule has 4 nitrogen and oxygen atoms in total. The fourth-order valence-corrected chi connectivity index (χ4v) is 2.96. The van der Waals surface area contributed by atoms with E-state index in [1.165, 1.54) is 12.8 Å². The van der Waals surface area contributed by atoms with Crippen LogP contribution in [0.4, 0.5) is 0 Å². The van der Waals surface area contributed by atoms with Crippen molar-refractivity contribution < 1.29 is 4.79 Å². The highest BCUT2D eigenvalue weighted by molar-refractivity contribution is 5.83. The molecular formula is C17H25N3O. The predicted octanol–water partition coefficient (Wildman–Crippen LogP) is 1.68. The number of benzene rings is 1. The lowest BCUT2D eigenvalue weighted by Crippen LogP contribution is -2.47. The van der Waals surface area contributed by atoms with E-state index in [1.54, 1.807) is 0 Å². The SMILES string of the molecule is NC(C(=O)N1CCC(NCC2CC2)CC1)c1ccccc1. The normalized spacial score (nSPS) is 21.3. The van der Waals surface area contributed by atoms with E-state index in [1.807, 2.05) is 35.2 Å². The minimum Gasteiger partial charge on any atom is -0.341 e. The molecule has 114 valence electrons. The third-order valence-electron chi connectivity index (χ3n) is 4.62. The number of piperidine rings is 1. The summed E-state index contributed by atoms with van der Waals surface area (Å²) in [7, 11) is 0. The van der Waals surface area contributed by atoms with E-state index in [0.29, 0.717) is 6.04 Å². The topological polar surface area (TPSA) is 58.4 Å². The van der Waals surface area contributed by atoms with Crippen molar-refractivity contribution in [3.8, 4) is 0 Å². The van der Waals surface area contributed by atoms with E-state index in [2.05, 4.69) is 5.32 Å². The fraction of sp³-hybridized carbons (Fsp3) is 0.588. The number of amides is 1. The number of carbonyl (C=O) groups excluding carboxylic acids is 1. The lowest BCUT2D eigenvalue weighted by Gasteiger charge is -2.34. The molecule has 2 aliphatic rings. The van der Waals surface area contributed by atoms with Gasteiger partial charge in [-0.25, -0.2) is 0 Å². The van der Waals surface area contributed by atoms with Crippen molar-refractivity contribution in [3.05, 3.63) is 35.9 Å². The Labute approximate surface area is 126 Å². The van der Waals surface area contributed by atoms with Gasteiger partial charge in [0.05, 0.1) is 0 Å². The molecule has 3 rings (SSSR count). The molecule has 3 N–H and O–H groups in total. The molecule has 21 heavy (non-hydrogen) atoms. The highest BCUT2D eigenvalue weighted by atomic mass is 16.2. The molecule has 1 atom stereocenters. The van der Waals surface area contributed by atoms with Crippen LogP contribution in [0.2, 0.25) is 0 Å². The van der Waals surface area contributed by atoms with Crippen molar-refractivity contribution in [3.63, 3.8) is 0 Å². The highest BCUT2D eigenvalue weighted by Gasteiger charge is 2.28. The van der Waals surface area contributed by atoms with Gasteiger partial charge in [-0.05, 0) is 43.7 Å². The maximum Gasteiger partial charge on any atom is 0.244 e. The summed E-state index contributed by atoms with van der Waals surface area (Å²) in [6, 6.07) is 9.69. The van der Waals surface area contributed by atoms with Crippen molar-refractivity contribution >= 4 is 5.91 Å². The third-order valence-corrected chi connectivity index (χ3v) is 4.62. The molecule has 4 heteroatoms. The quantitative estimate of drug-likeness (QED) is 0.866. The Morgan fingerprint density at radius 1 is 1.19 bits per heavy atom. The molecule has 1 aromatic rings. The number of hydrogen-bond acceptors (Lipinski definition) is 3. The summed E-state index contributed by atoms with van der Waals surface area (Å²) < 4.78 is 0. The van der Waals surface area contributed by atoms with Crippen molar-refractivity contribution in [2.75, 3.05) is 19.6 Å². The number of nitrogens with one attached hydrogen (secondary N) is 1. The summed E-state index contributed by atoms with van der Waals surface area (Å²) in [6.45, 7) is 2.80. The van der Waals surface area contributed by atoms with Gasteiger partial charge in [0.1, 0.15) is 6.04 Å². The zero-order chi connectivity index (χ0) is 14.7. The Morgan fingerprint density at radius 3 is 2.48 bits per heavy atom. The molecule has 1 saturated heterocycles. The van der Waals surface area contributed by atoms with E-state index in [-0.39, 0.29) is 5.91 Å². The zero-order valence-electron chi connectivity index (χ0n) is 12.5. The smallest absolute Gasteiger partial charge is 0.244 e. The summed E-state index contributed by atoms with van der Waals surface area (Å²) in [5.74, 6) is 0.970. The monoisotopic (exact) mass is 287 g/mol. The van der Waals surface area contributed by atoms with Crippen LogP contribution in [0.5, 0.6) is 0 Å². The number of nitrogens with zero attached hydrogens (tertiary/aromatic N) is 1. The Balaban J connectivity index is 1.47. The summed E-state index contributed by atoms with van der Waals surface area (Å²) >= 11 is 0. The molecule has 1 heterocycles. The van der Waals surface area contributed by atoms with Gasteiger partial charge in [-0.15, -0.1) is 0 Å². The molecule has 1 amide bonds. The summed E-state index contributed by atoms with van der Waals surface area (Å²) in [6.07, 6.45) is 4.85. The van der Waals surface area contributed by atoms with Gasteiger partial charge in [0, 0.05) is 19.1 Å². The number of carbonyl (C=O) groups is 1. The lowest BCUT2D eigenvalue weighted by molar-refractivity contribution is -0.133. The minimum absolute atomic E-state index is 0.0573. The summed E-state index contributed by atoms with van der Waals surface area (Å²) in [4.78, 5) is 14.4. The van der Waals surface area contributed by atoms with E-state index in [9.17, 15) is 4.79 Å². The first-order valence-electron chi connectivity index (χ1n) is 8.07. The Kier molecular flexibility index (Phi) is 4.56. The molecule has 0 bridgehead atoms. The molecule has 1 aliphatic heterocycles. The number of nitrogens with two attached hydrogens (primary N) is 1. The average molecular weight is 287 g/mol. The van der Waals surface area contributed by atoms with Crippen molar-refractivity contribution in [2.24, 2.45) is 11.7 Å². The van der Waals surface area contributed by atoms with Gasteiger partial charge < -0.3 is 16.0 Å². The van der Waals surface area contributed by atoms with E-state index in [0.717, 1.165) is 44.0 Å². The second-order valence-corrected chi connectivity index (χ2v) is 6.34. The van der Waals surface area contributed by atoms with Gasteiger partial charge in [-0.2, -0.15) is 0 Å². The molecule has 1 aromatic carbocycles. The van der Waals surface area contributed by atoms with E-state index >= 15 is 0 Å². The number of likely N-dealkylation sites (tertiary alicyclic amines) is 1. The second kappa shape index (κ2) is 6.58. The van der Waals surface area contributed by atoms with Crippen LogP contribution in [0.3, 0.4) is 0 Å². The van der Waals surface area contributed by atoms with Crippen molar-refractivity contribution in [2.45, 2.75) is 37.8 Å². The standard InChI is InChI=1S/C17H25N3O/c18-16(14-4-2-1-3-5-14)17(21)20-10-8-15(9-11-20)19-12-13-6-7-13/h1-5,13,15-16,19H,6-12,18H2. The van der Waals surface area contributed by atoms with Crippen LogP contribution in [0.15, 0.2) is 30.3 Å². The highest BCUT2D eigenvalue weighted by Crippen LogP contribution is 2.28. The molecule has 0 radical (unpaired) electrons. The molecule has 1 unspecified atom stereocenters. The van der Waals surface area contributed by atoms with E-state index in [4.69, 9.17) is 5.73 Å². The van der Waals surface area contributed by atoms with Crippen molar-refractivity contribution in [1.82, 2.24) is 10.2 Å². The lowest BCUT2D eigenvalue weighted by atomic mass is 10.0. The summed E-state index contributed by atoms with van der Waals surface area (Å²) in [5.41, 5.74) is 7.00.